The molecule has 1 N–H and O–H groups in total. The lowest BCUT2D eigenvalue weighted by molar-refractivity contribution is 0.284. The van der Waals surface area contributed by atoms with Crippen molar-refractivity contribution in [2.45, 2.75) is 32.9 Å². The van der Waals surface area contributed by atoms with E-state index in [0.717, 1.165) is 42.0 Å². The Morgan fingerprint density at radius 2 is 2.04 bits per heavy atom. The van der Waals surface area contributed by atoms with Gasteiger partial charge in [0.15, 0.2) is 11.5 Å². The molecule has 0 saturated heterocycles. The lowest BCUT2D eigenvalue weighted by Crippen LogP contribution is -2.14. The van der Waals surface area contributed by atoms with Gasteiger partial charge in [0.05, 0.1) is 13.7 Å². The van der Waals surface area contributed by atoms with Crippen molar-refractivity contribution < 1.29 is 9.47 Å². The molecule has 0 bridgehead atoms. The second kappa shape index (κ2) is 9.38. The van der Waals surface area contributed by atoms with Gasteiger partial charge in [0.2, 0.25) is 0 Å². The summed E-state index contributed by atoms with van der Waals surface area (Å²) in [6.45, 7) is 4.26. The summed E-state index contributed by atoms with van der Waals surface area (Å²) in [5.41, 5.74) is 2.17. The second-order valence-corrected chi connectivity index (χ2v) is 5.63. The van der Waals surface area contributed by atoms with Crippen molar-refractivity contribution in [3.63, 3.8) is 0 Å². The van der Waals surface area contributed by atoms with Crippen molar-refractivity contribution in [2.75, 3.05) is 13.7 Å². The molecule has 0 atom stereocenters. The SMILES string of the molecule is CCCCOc1c(CNCc2ccc(Cl)nc2)cccc1OC. The summed E-state index contributed by atoms with van der Waals surface area (Å²) in [5.74, 6) is 1.60. The number of hydrogen-bond donors (Lipinski definition) is 1. The third-order valence-electron chi connectivity index (χ3n) is 3.46. The van der Waals surface area contributed by atoms with Gasteiger partial charge in [-0.05, 0) is 24.1 Å². The highest BCUT2D eigenvalue weighted by atomic mass is 35.5. The molecule has 0 radical (unpaired) electrons. The molecule has 2 rings (SSSR count). The van der Waals surface area contributed by atoms with Crippen LogP contribution in [0.2, 0.25) is 5.15 Å². The Hall–Kier alpha value is -1.78. The third-order valence-corrected chi connectivity index (χ3v) is 3.68. The Labute approximate surface area is 142 Å². The first-order valence-corrected chi connectivity index (χ1v) is 8.22. The molecule has 1 heterocycles. The lowest BCUT2D eigenvalue weighted by Gasteiger charge is -2.15. The summed E-state index contributed by atoms with van der Waals surface area (Å²) in [6, 6.07) is 9.72. The summed E-state index contributed by atoms with van der Waals surface area (Å²) in [4.78, 5) is 4.08. The largest absolute Gasteiger partial charge is 0.493 e. The molecule has 5 heteroatoms. The number of nitrogens with zero attached hydrogens (tertiary/aromatic N) is 1. The molecule has 0 saturated carbocycles. The van der Waals surface area contributed by atoms with Crippen LogP contribution in [0.5, 0.6) is 11.5 Å². The number of aromatic nitrogens is 1. The number of unbranched alkanes of at least 4 members (excludes halogenated alkanes) is 1. The van der Waals surface area contributed by atoms with Gasteiger partial charge in [-0.3, -0.25) is 0 Å². The first kappa shape index (κ1) is 17.6. The van der Waals surface area contributed by atoms with Gasteiger partial charge < -0.3 is 14.8 Å². The normalized spacial score (nSPS) is 10.6. The first-order valence-electron chi connectivity index (χ1n) is 7.84. The zero-order valence-corrected chi connectivity index (χ0v) is 14.4. The molecule has 0 aliphatic carbocycles. The van der Waals surface area contributed by atoms with Crippen LogP contribution in [0.4, 0.5) is 0 Å². The van der Waals surface area contributed by atoms with Crippen molar-refractivity contribution in [3.8, 4) is 11.5 Å². The number of hydrogen-bond acceptors (Lipinski definition) is 4. The summed E-state index contributed by atoms with van der Waals surface area (Å²) >= 11 is 5.79. The molecular formula is C18H23ClN2O2. The van der Waals surface area contributed by atoms with Crippen LogP contribution in [0.1, 0.15) is 30.9 Å². The van der Waals surface area contributed by atoms with E-state index in [9.17, 15) is 0 Å². The summed E-state index contributed by atoms with van der Waals surface area (Å²) < 4.78 is 11.3. The molecule has 0 fully saturated rings. The molecule has 1 aromatic heterocycles. The van der Waals surface area contributed by atoms with Gasteiger partial charge in [-0.2, -0.15) is 0 Å². The zero-order valence-electron chi connectivity index (χ0n) is 13.6. The smallest absolute Gasteiger partial charge is 0.165 e. The molecule has 23 heavy (non-hydrogen) atoms. The standard InChI is InChI=1S/C18H23ClN2O2/c1-3-4-10-23-18-15(6-5-7-16(18)22-2)13-20-11-14-8-9-17(19)21-12-14/h5-9,12,20H,3-4,10-11,13H2,1-2H3. The molecule has 0 amide bonds. The number of nitrogens with one attached hydrogen (secondary N) is 1. The highest BCUT2D eigenvalue weighted by molar-refractivity contribution is 6.29. The Kier molecular flexibility index (Phi) is 7.17. The zero-order chi connectivity index (χ0) is 16.5. The van der Waals surface area contributed by atoms with E-state index in [4.69, 9.17) is 21.1 Å². The van der Waals surface area contributed by atoms with Crippen LogP contribution >= 0.6 is 11.6 Å². The lowest BCUT2D eigenvalue weighted by atomic mass is 10.1. The van der Waals surface area contributed by atoms with Gasteiger partial charge in [0, 0.05) is 24.8 Å². The highest BCUT2D eigenvalue weighted by Crippen LogP contribution is 2.31. The summed E-state index contributed by atoms with van der Waals surface area (Å²) in [7, 11) is 1.67. The van der Waals surface area contributed by atoms with Crippen LogP contribution in [-0.2, 0) is 13.1 Å². The predicted octanol–water partition coefficient (Wildman–Crippen LogP) is 4.21. The third kappa shape index (κ3) is 5.41. The minimum atomic E-state index is 0.508. The average molecular weight is 335 g/mol. The molecule has 0 spiro atoms. The minimum Gasteiger partial charge on any atom is -0.493 e. The van der Waals surface area contributed by atoms with Gasteiger partial charge in [0.25, 0.3) is 0 Å². The first-order chi connectivity index (χ1) is 11.2. The number of ether oxygens (including phenoxy) is 2. The van der Waals surface area contributed by atoms with Gasteiger partial charge in [0.1, 0.15) is 5.15 Å². The van der Waals surface area contributed by atoms with Gasteiger partial charge in [-0.15, -0.1) is 0 Å². The number of pyridine rings is 1. The van der Waals surface area contributed by atoms with E-state index in [-0.39, 0.29) is 0 Å². The molecule has 0 aliphatic heterocycles. The summed E-state index contributed by atoms with van der Waals surface area (Å²) in [6.07, 6.45) is 3.91. The fourth-order valence-electron chi connectivity index (χ4n) is 2.20. The van der Waals surface area contributed by atoms with Gasteiger partial charge in [-0.1, -0.05) is 43.1 Å². The Bertz CT molecular complexity index is 602. The van der Waals surface area contributed by atoms with Crippen molar-refractivity contribution in [1.29, 1.82) is 0 Å². The molecule has 0 unspecified atom stereocenters. The molecule has 124 valence electrons. The topological polar surface area (TPSA) is 43.4 Å². The Balaban J connectivity index is 1.98. The fraction of sp³-hybridized carbons (Fsp3) is 0.389. The quantitative estimate of drug-likeness (QED) is 0.551. The second-order valence-electron chi connectivity index (χ2n) is 5.24. The Morgan fingerprint density at radius 1 is 1.17 bits per heavy atom. The van der Waals surface area contributed by atoms with Crippen LogP contribution in [0, 0.1) is 0 Å². The number of halogens is 1. The van der Waals surface area contributed by atoms with Gasteiger partial charge in [-0.25, -0.2) is 4.98 Å². The molecular weight excluding hydrogens is 312 g/mol. The average Bonchev–Trinajstić information content (AvgIpc) is 2.58. The van der Waals surface area contributed by atoms with E-state index < -0.39 is 0 Å². The van der Waals surface area contributed by atoms with Gasteiger partial charge >= 0.3 is 0 Å². The Morgan fingerprint density at radius 3 is 2.74 bits per heavy atom. The highest BCUT2D eigenvalue weighted by Gasteiger charge is 2.10. The number of benzene rings is 1. The maximum Gasteiger partial charge on any atom is 0.165 e. The summed E-state index contributed by atoms with van der Waals surface area (Å²) in [5, 5.41) is 3.91. The molecule has 0 aliphatic rings. The minimum absolute atomic E-state index is 0.508. The van der Waals surface area contributed by atoms with E-state index in [1.165, 1.54) is 0 Å². The van der Waals surface area contributed by atoms with Crippen LogP contribution in [0.3, 0.4) is 0 Å². The van der Waals surface area contributed by atoms with Crippen LogP contribution in [-0.4, -0.2) is 18.7 Å². The number of rotatable bonds is 9. The van der Waals surface area contributed by atoms with E-state index >= 15 is 0 Å². The predicted molar refractivity (Wildman–Crippen MR) is 93.2 cm³/mol. The fourth-order valence-corrected chi connectivity index (χ4v) is 2.31. The molecule has 4 nitrogen and oxygen atoms in total. The van der Waals surface area contributed by atoms with Crippen molar-refractivity contribution in [3.05, 3.63) is 52.8 Å². The van der Waals surface area contributed by atoms with Crippen LogP contribution < -0.4 is 14.8 Å². The van der Waals surface area contributed by atoms with Crippen LogP contribution in [0.25, 0.3) is 0 Å². The maximum atomic E-state index is 5.92. The number of para-hydroxylation sites is 1. The van der Waals surface area contributed by atoms with Crippen molar-refractivity contribution >= 4 is 11.6 Å². The maximum absolute atomic E-state index is 5.92. The molecule has 1 aromatic carbocycles. The van der Waals surface area contributed by atoms with E-state index in [1.54, 1.807) is 19.4 Å². The monoisotopic (exact) mass is 334 g/mol. The molecule has 2 aromatic rings. The van der Waals surface area contributed by atoms with E-state index in [2.05, 4.69) is 23.3 Å². The van der Waals surface area contributed by atoms with E-state index in [0.29, 0.717) is 18.3 Å². The van der Waals surface area contributed by atoms with Crippen molar-refractivity contribution in [2.24, 2.45) is 0 Å². The van der Waals surface area contributed by atoms with E-state index in [1.807, 2.05) is 18.2 Å². The number of methoxy groups -OCH3 is 1. The van der Waals surface area contributed by atoms with Crippen LogP contribution in [0.15, 0.2) is 36.5 Å². The van der Waals surface area contributed by atoms with Crippen molar-refractivity contribution in [1.82, 2.24) is 10.3 Å².